The zero-order valence-corrected chi connectivity index (χ0v) is 13.3. The highest BCUT2D eigenvalue weighted by atomic mass is 79.9. The van der Waals surface area contributed by atoms with E-state index in [1.54, 1.807) is 36.7 Å². The molecule has 2 rings (SSSR count). The minimum Gasteiger partial charge on any atom is -0.347 e. The van der Waals surface area contributed by atoms with Gasteiger partial charge in [0.05, 0.1) is 43.3 Å². The highest BCUT2D eigenvalue weighted by molar-refractivity contribution is 9.10. The molecule has 0 aliphatic carbocycles. The van der Waals surface area contributed by atoms with Gasteiger partial charge in [0, 0.05) is 6.26 Å². The topological polar surface area (TPSA) is 59.1 Å². The summed E-state index contributed by atoms with van der Waals surface area (Å²) >= 11 is 4.68. The minimum absolute atomic E-state index is 0.230. The molecule has 1 aromatic carbocycles. The van der Waals surface area contributed by atoms with Crippen LogP contribution in [0.15, 0.2) is 39.8 Å². The van der Waals surface area contributed by atoms with Gasteiger partial charge in [0.15, 0.2) is 0 Å². The molecule has 2 aromatic rings. The first-order valence-electron chi connectivity index (χ1n) is 5.39. The summed E-state index contributed by atoms with van der Waals surface area (Å²) in [5.74, 6) is -0.230. The number of amides is 1. The molecule has 0 fully saturated rings. The fraction of sp³-hybridized carbons (Fsp3) is 0.167. The summed E-state index contributed by atoms with van der Waals surface area (Å²) in [6.07, 6.45) is 3.26. The van der Waals surface area contributed by atoms with Crippen molar-refractivity contribution in [3.05, 3.63) is 45.4 Å². The van der Waals surface area contributed by atoms with Crippen LogP contribution in [0.3, 0.4) is 0 Å². The van der Waals surface area contributed by atoms with Crippen LogP contribution >= 0.6 is 27.5 Å². The number of carbonyl (C=O) groups is 1. The molecule has 1 amide bonds. The SMILES string of the molecule is CS(=O)c1ccccc1C(=O)NCc1sncc1Br. The summed E-state index contributed by atoms with van der Waals surface area (Å²) in [5.41, 5.74) is 0.448. The Hall–Kier alpha value is -1.05. The number of carbonyl (C=O) groups excluding carboxylic acids is 1. The zero-order chi connectivity index (χ0) is 13.8. The van der Waals surface area contributed by atoms with Gasteiger partial charge >= 0.3 is 0 Å². The van der Waals surface area contributed by atoms with E-state index >= 15 is 0 Å². The van der Waals surface area contributed by atoms with Gasteiger partial charge in [-0.15, -0.1) is 0 Å². The first-order chi connectivity index (χ1) is 9.09. The van der Waals surface area contributed by atoms with E-state index in [9.17, 15) is 9.00 Å². The Bertz CT molecular complexity index is 628. The lowest BCUT2D eigenvalue weighted by atomic mass is 10.2. The predicted octanol–water partition coefficient (Wildman–Crippen LogP) is 2.57. The van der Waals surface area contributed by atoms with E-state index in [0.29, 0.717) is 17.0 Å². The second-order valence-electron chi connectivity index (χ2n) is 3.73. The van der Waals surface area contributed by atoms with E-state index in [2.05, 4.69) is 25.6 Å². The Morgan fingerprint density at radius 3 is 2.84 bits per heavy atom. The molecule has 0 spiro atoms. The normalized spacial score (nSPS) is 12.1. The van der Waals surface area contributed by atoms with Crippen LogP contribution in [0.5, 0.6) is 0 Å². The number of nitrogens with one attached hydrogen (secondary N) is 1. The van der Waals surface area contributed by atoms with Crippen LogP contribution in [0.1, 0.15) is 15.2 Å². The number of rotatable bonds is 4. The number of nitrogens with zero attached hydrogens (tertiary/aromatic N) is 1. The van der Waals surface area contributed by atoms with Gasteiger partial charge in [-0.1, -0.05) is 12.1 Å². The number of halogens is 1. The standard InChI is InChI=1S/C12H11BrN2O2S2/c1-19(17)11-5-3-2-4-8(11)12(16)14-7-10-9(13)6-15-18-10/h2-6H,7H2,1H3,(H,14,16). The third kappa shape index (κ3) is 3.49. The second-order valence-corrected chi connectivity index (χ2v) is 6.82. The third-order valence-electron chi connectivity index (χ3n) is 2.45. The van der Waals surface area contributed by atoms with Gasteiger partial charge < -0.3 is 5.32 Å². The first kappa shape index (κ1) is 14.4. The van der Waals surface area contributed by atoms with Crippen LogP contribution in [-0.2, 0) is 17.3 Å². The Balaban J connectivity index is 2.13. The summed E-state index contributed by atoms with van der Waals surface area (Å²) in [6, 6.07) is 6.91. The summed E-state index contributed by atoms with van der Waals surface area (Å²) in [4.78, 5) is 13.6. The fourth-order valence-electron chi connectivity index (χ4n) is 1.53. The lowest BCUT2D eigenvalue weighted by Crippen LogP contribution is -2.23. The van der Waals surface area contributed by atoms with Gasteiger partial charge in [-0.25, -0.2) is 0 Å². The number of aromatic nitrogens is 1. The largest absolute Gasteiger partial charge is 0.347 e. The van der Waals surface area contributed by atoms with Gasteiger partial charge in [-0.3, -0.25) is 9.00 Å². The van der Waals surface area contributed by atoms with Crippen molar-refractivity contribution < 1.29 is 9.00 Å². The monoisotopic (exact) mass is 358 g/mol. The van der Waals surface area contributed by atoms with Crippen LogP contribution in [0.25, 0.3) is 0 Å². The first-order valence-corrected chi connectivity index (χ1v) is 8.51. The Kier molecular flexibility index (Phi) is 4.84. The quantitative estimate of drug-likeness (QED) is 0.913. The van der Waals surface area contributed by atoms with Crippen molar-refractivity contribution >= 4 is 44.2 Å². The molecule has 0 radical (unpaired) electrons. The molecule has 0 aliphatic heterocycles. The Morgan fingerprint density at radius 1 is 1.47 bits per heavy atom. The number of hydrogen-bond acceptors (Lipinski definition) is 4. The molecule has 1 atom stereocenters. The van der Waals surface area contributed by atoms with Crippen LogP contribution in [0, 0.1) is 0 Å². The molecule has 0 aliphatic rings. The van der Waals surface area contributed by atoms with Crippen molar-refractivity contribution in [2.24, 2.45) is 0 Å². The molecule has 100 valence electrons. The lowest BCUT2D eigenvalue weighted by Gasteiger charge is -2.07. The van der Waals surface area contributed by atoms with E-state index < -0.39 is 10.8 Å². The van der Waals surface area contributed by atoms with Crippen molar-refractivity contribution in [3.8, 4) is 0 Å². The lowest BCUT2D eigenvalue weighted by molar-refractivity contribution is 0.0948. The number of hydrogen-bond donors (Lipinski definition) is 1. The highest BCUT2D eigenvalue weighted by Gasteiger charge is 2.13. The highest BCUT2D eigenvalue weighted by Crippen LogP contribution is 2.20. The van der Waals surface area contributed by atoms with Gasteiger partial charge in [0.1, 0.15) is 0 Å². The predicted molar refractivity (Wildman–Crippen MR) is 79.8 cm³/mol. The molecule has 0 saturated heterocycles. The molecule has 1 unspecified atom stereocenters. The second kappa shape index (κ2) is 6.40. The van der Waals surface area contributed by atoms with Crippen molar-refractivity contribution in [1.29, 1.82) is 0 Å². The Labute approximate surface area is 126 Å². The molecule has 4 nitrogen and oxygen atoms in total. The smallest absolute Gasteiger partial charge is 0.252 e. The van der Waals surface area contributed by atoms with E-state index in [4.69, 9.17) is 0 Å². The maximum Gasteiger partial charge on any atom is 0.252 e. The third-order valence-corrected chi connectivity index (χ3v) is 5.16. The van der Waals surface area contributed by atoms with Gasteiger partial charge in [0.2, 0.25) is 0 Å². The molecule has 1 aromatic heterocycles. The summed E-state index contributed by atoms with van der Waals surface area (Å²) < 4.78 is 16.5. The van der Waals surface area contributed by atoms with Gasteiger partial charge in [-0.2, -0.15) is 4.37 Å². The zero-order valence-electron chi connectivity index (χ0n) is 10.1. The molecule has 0 saturated carbocycles. The average Bonchev–Trinajstić information content (AvgIpc) is 2.81. The van der Waals surface area contributed by atoms with Gasteiger partial charge in [0.25, 0.3) is 5.91 Å². The van der Waals surface area contributed by atoms with E-state index in [-0.39, 0.29) is 5.91 Å². The van der Waals surface area contributed by atoms with Crippen LogP contribution in [0.4, 0.5) is 0 Å². The average molecular weight is 359 g/mol. The van der Waals surface area contributed by atoms with Crippen molar-refractivity contribution in [2.75, 3.05) is 6.26 Å². The molecule has 0 bridgehead atoms. The van der Waals surface area contributed by atoms with E-state index in [0.717, 1.165) is 9.35 Å². The molecule has 1 N–H and O–H groups in total. The summed E-state index contributed by atoms with van der Waals surface area (Å²) in [7, 11) is -1.19. The molecule has 7 heteroatoms. The van der Waals surface area contributed by atoms with Crippen molar-refractivity contribution in [3.63, 3.8) is 0 Å². The number of benzene rings is 1. The fourth-order valence-corrected chi connectivity index (χ4v) is 3.43. The van der Waals surface area contributed by atoms with E-state index in [1.165, 1.54) is 11.5 Å². The molecular formula is C12H11BrN2O2S2. The Morgan fingerprint density at radius 2 is 2.21 bits per heavy atom. The molecule has 1 heterocycles. The van der Waals surface area contributed by atoms with E-state index in [1.807, 2.05) is 0 Å². The van der Waals surface area contributed by atoms with Crippen LogP contribution in [-0.4, -0.2) is 20.7 Å². The van der Waals surface area contributed by atoms with Gasteiger partial charge in [-0.05, 0) is 39.6 Å². The van der Waals surface area contributed by atoms with Crippen molar-refractivity contribution in [2.45, 2.75) is 11.4 Å². The molecule has 19 heavy (non-hydrogen) atoms. The van der Waals surface area contributed by atoms with Crippen LogP contribution in [0.2, 0.25) is 0 Å². The maximum absolute atomic E-state index is 12.1. The summed E-state index contributed by atoms with van der Waals surface area (Å²) in [6.45, 7) is 0.398. The maximum atomic E-state index is 12.1. The summed E-state index contributed by atoms with van der Waals surface area (Å²) in [5, 5.41) is 2.80. The molecular weight excluding hydrogens is 348 g/mol. The van der Waals surface area contributed by atoms with Crippen molar-refractivity contribution in [1.82, 2.24) is 9.69 Å². The van der Waals surface area contributed by atoms with Crippen LogP contribution < -0.4 is 5.32 Å². The minimum atomic E-state index is -1.19.